The van der Waals surface area contributed by atoms with Gasteiger partial charge >= 0.3 is 0 Å². The molecule has 5 heteroatoms. The van der Waals surface area contributed by atoms with Crippen molar-refractivity contribution in [2.24, 2.45) is 5.41 Å². The summed E-state index contributed by atoms with van der Waals surface area (Å²) in [4.78, 5) is 4.13. The van der Waals surface area contributed by atoms with Crippen molar-refractivity contribution in [2.45, 2.75) is 51.7 Å². The first kappa shape index (κ1) is 14.4. The quantitative estimate of drug-likeness (QED) is 0.833. The van der Waals surface area contributed by atoms with Crippen molar-refractivity contribution in [1.82, 2.24) is 4.98 Å². The lowest BCUT2D eigenvalue weighted by Gasteiger charge is -2.61. The Labute approximate surface area is 130 Å². The molecule has 1 aromatic heterocycles. The van der Waals surface area contributed by atoms with Gasteiger partial charge in [0.2, 0.25) is 0 Å². The predicted octanol–water partition coefficient (Wildman–Crippen LogP) is 4.46. The van der Waals surface area contributed by atoms with Crippen molar-refractivity contribution in [2.75, 3.05) is 11.9 Å². The van der Waals surface area contributed by atoms with Crippen LogP contribution >= 0.6 is 23.2 Å². The molecule has 3 rings (SSSR count). The molecule has 0 amide bonds. The SMILES string of the molecule is CCOC1CC(Nc2c(C)cc(Cl)nc2Cl)C12CCC2. The van der Waals surface area contributed by atoms with Crippen LogP contribution in [0.25, 0.3) is 0 Å². The molecule has 2 fully saturated rings. The molecular formula is C15H20Cl2N2O. The van der Waals surface area contributed by atoms with E-state index in [-0.39, 0.29) is 0 Å². The van der Waals surface area contributed by atoms with E-state index in [9.17, 15) is 0 Å². The number of hydrogen-bond donors (Lipinski definition) is 1. The number of rotatable bonds is 4. The van der Waals surface area contributed by atoms with Gasteiger partial charge in [-0.3, -0.25) is 0 Å². The second-order valence-corrected chi connectivity index (χ2v) is 6.64. The van der Waals surface area contributed by atoms with Crippen LogP contribution in [0.2, 0.25) is 10.3 Å². The molecule has 0 aromatic carbocycles. The first-order chi connectivity index (χ1) is 9.56. The van der Waals surface area contributed by atoms with E-state index in [1.165, 1.54) is 19.3 Å². The topological polar surface area (TPSA) is 34.1 Å². The Kier molecular flexibility index (Phi) is 3.87. The van der Waals surface area contributed by atoms with Crippen LogP contribution in [0, 0.1) is 12.3 Å². The minimum Gasteiger partial charge on any atom is -0.379 e. The summed E-state index contributed by atoms with van der Waals surface area (Å²) in [6.45, 7) is 4.87. The van der Waals surface area contributed by atoms with E-state index < -0.39 is 0 Å². The van der Waals surface area contributed by atoms with E-state index in [0.717, 1.165) is 24.3 Å². The summed E-state index contributed by atoms with van der Waals surface area (Å²) in [6.07, 6.45) is 5.23. The molecule has 0 aliphatic heterocycles. The fourth-order valence-electron chi connectivity index (χ4n) is 3.58. The van der Waals surface area contributed by atoms with Crippen molar-refractivity contribution in [3.63, 3.8) is 0 Å². The third-order valence-electron chi connectivity index (χ3n) is 4.90. The minimum absolute atomic E-state index is 0.311. The smallest absolute Gasteiger partial charge is 0.154 e. The Balaban J connectivity index is 1.76. The highest BCUT2D eigenvalue weighted by Crippen LogP contribution is 2.58. The zero-order valence-electron chi connectivity index (χ0n) is 11.9. The summed E-state index contributed by atoms with van der Waals surface area (Å²) in [5, 5.41) is 4.49. The standard InChI is InChI=1S/C15H20Cl2N2O/c1-3-20-11-8-10(15(11)5-4-6-15)18-13-9(2)7-12(16)19-14(13)17/h7,10-11,18H,3-6,8H2,1-2H3. The van der Waals surface area contributed by atoms with Crippen LogP contribution in [0.4, 0.5) is 5.69 Å². The Morgan fingerprint density at radius 1 is 1.45 bits per heavy atom. The van der Waals surface area contributed by atoms with E-state index in [1.807, 2.05) is 13.0 Å². The van der Waals surface area contributed by atoms with Gasteiger partial charge in [0.05, 0.1) is 11.8 Å². The summed E-state index contributed by atoms with van der Waals surface area (Å²) in [7, 11) is 0. The molecule has 2 saturated carbocycles. The summed E-state index contributed by atoms with van der Waals surface area (Å²) in [6, 6.07) is 2.29. The van der Waals surface area contributed by atoms with Crippen molar-refractivity contribution >= 4 is 28.9 Å². The largest absolute Gasteiger partial charge is 0.379 e. The maximum atomic E-state index is 6.22. The van der Waals surface area contributed by atoms with Gasteiger partial charge < -0.3 is 10.1 Å². The third-order valence-corrected chi connectivity index (χ3v) is 5.36. The predicted molar refractivity (Wildman–Crippen MR) is 82.7 cm³/mol. The molecule has 0 bridgehead atoms. The molecule has 0 saturated heterocycles. The molecule has 20 heavy (non-hydrogen) atoms. The number of hydrogen-bond acceptors (Lipinski definition) is 3. The van der Waals surface area contributed by atoms with Crippen LogP contribution in [0.5, 0.6) is 0 Å². The zero-order valence-corrected chi connectivity index (χ0v) is 13.4. The van der Waals surface area contributed by atoms with E-state index in [4.69, 9.17) is 27.9 Å². The molecule has 1 aromatic rings. The maximum absolute atomic E-state index is 6.22. The molecule has 3 nitrogen and oxygen atoms in total. The van der Waals surface area contributed by atoms with E-state index in [2.05, 4.69) is 17.2 Å². The van der Waals surface area contributed by atoms with E-state index in [1.54, 1.807) is 0 Å². The zero-order chi connectivity index (χ0) is 14.3. The van der Waals surface area contributed by atoms with Crippen molar-refractivity contribution in [3.05, 3.63) is 21.9 Å². The van der Waals surface area contributed by atoms with Gasteiger partial charge in [0, 0.05) is 18.1 Å². The Bertz CT molecular complexity index is 494. The lowest BCUT2D eigenvalue weighted by molar-refractivity contribution is -0.157. The lowest BCUT2D eigenvalue weighted by Crippen LogP contribution is -2.64. The van der Waals surface area contributed by atoms with Crippen molar-refractivity contribution in [1.29, 1.82) is 0 Å². The second kappa shape index (κ2) is 5.36. The molecule has 1 heterocycles. The molecule has 1 N–H and O–H groups in total. The van der Waals surface area contributed by atoms with Gasteiger partial charge in [-0.05, 0) is 44.7 Å². The third kappa shape index (κ3) is 2.20. The number of pyridine rings is 1. The van der Waals surface area contributed by atoms with Crippen molar-refractivity contribution < 1.29 is 4.74 Å². The van der Waals surface area contributed by atoms with Gasteiger partial charge in [-0.15, -0.1) is 0 Å². The number of halogens is 2. The highest BCUT2D eigenvalue weighted by atomic mass is 35.5. The monoisotopic (exact) mass is 314 g/mol. The normalized spacial score (nSPS) is 27.0. The number of anilines is 1. The average molecular weight is 315 g/mol. The van der Waals surface area contributed by atoms with E-state index in [0.29, 0.717) is 27.9 Å². The van der Waals surface area contributed by atoms with Gasteiger partial charge in [0.15, 0.2) is 5.15 Å². The van der Waals surface area contributed by atoms with E-state index >= 15 is 0 Å². The second-order valence-electron chi connectivity index (χ2n) is 5.89. The molecule has 2 atom stereocenters. The number of aromatic nitrogens is 1. The van der Waals surface area contributed by atoms with Gasteiger partial charge in [0.25, 0.3) is 0 Å². The summed E-state index contributed by atoms with van der Waals surface area (Å²) < 4.78 is 5.87. The number of ether oxygens (including phenoxy) is 1. The van der Waals surface area contributed by atoms with Gasteiger partial charge in [-0.2, -0.15) is 0 Å². The van der Waals surface area contributed by atoms with Crippen LogP contribution in [-0.2, 0) is 4.74 Å². The van der Waals surface area contributed by atoms with Crippen molar-refractivity contribution in [3.8, 4) is 0 Å². The summed E-state index contributed by atoms with van der Waals surface area (Å²) in [5.74, 6) is 0. The van der Waals surface area contributed by atoms with Crippen LogP contribution in [0.3, 0.4) is 0 Å². The van der Waals surface area contributed by atoms with Crippen LogP contribution in [0.1, 0.15) is 38.2 Å². The summed E-state index contributed by atoms with van der Waals surface area (Å²) in [5.41, 5.74) is 2.28. The molecule has 110 valence electrons. The molecule has 1 spiro atoms. The van der Waals surface area contributed by atoms with Crippen LogP contribution < -0.4 is 5.32 Å². The molecule has 2 aliphatic carbocycles. The first-order valence-corrected chi connectivity index (χ1v) is 8.03. The molecule has 0 radical (unpaired) electrons. The number of aryl methyl sites for hydroxylation is 1. The Morgan fingerprint density at radius 3 is 2.75 bits per heavy atom. The van der Waals surface area contributed by atoms with Crippen LogP contribution in [-0.4, -0.2) is 23.7 Å². The Hall–Kier alpha value is -0.510. The first-order valence-electron chi connectivity index (χ1n) is 7.27. The number of nitrogens with one attached hydrogen (secondary N) is 1. The van der Waals surface area contributed by atoms with Crippen LogP contribution in [0.15, 0.2) is 6.07 Å². The molecule has 2 aliphatic rings. The summed E-state index contributed by atoms with van der Waals surface area (Å²) >= 11 is 12.1. The molecule has 2 unspecified atom stereocenters. The average Bonchev–Trinajstić information content (AvgIpc) is 2.28. The Morgan fingerprint density at radius 2 is 2.20 bits per heavy atom. The lowest BCUT2D eigenvalue weighted by atomic mass is 9.51. The van der Waals surface area contributed by atoms with Gasteiger partial charge in [-0.25, -0.2) is 4.98 Å². The fourth-order valence-corrected chi connectivity index (χ4v) is 4.17. The minimum atomic E-state index is 0.311. The molecular weight excluding hydrogens is 295 g/mol. The highest BCUT2D eigenvalue weighted by molar-refractivity contribution is 6.34. The maximum Gasteiger partial charge on any atom is 0.154 e. The fraction of sp³-hybridized carbons (Fsp3) is 0.667. The van der Waals surface area contributed by atoms with Gasteiger partial charge in [0.1, 0.15) is 5.15 Å². The highest BCUT2D eigenvalue weighted by Gasteiger charge is 2.59. The van der Waals surface area contributed by atoms with Gasteiger partial charge in [-0.1, -0.05) is 29.6 Å². The number of nitrogens with zero attached hydrogens (tertiary/aromatic N) is 1.